The lowest BCUT2D eigenvalue weighted by molar-refractivity contribution is -0.116. The molecule has 1 aliphatic carbocycles. The first-order valence-corrected chi connectivity index (χ1v) is 8.99. The second-order valence-corrected chi connectivity index (χ2v) is 7.03. The summed E-state index contributed by atoms with van der Waals surface area (Å²) < 4.78 is 5.20. The normalized spacial score (nSPS) is 17.0. The van der Waals surface area contributed by atoms with Crippen LogP contribution in [0.25, 0.3) is 0 Å². The minimum atomic E-state index is -0.305. The van der Waals surface area contributed by atoms with E-state index in [1.807, 2.05) is 0 Å². The number of hydrogen-bond acceptors (Lipinski definition) is 4. The number of rotatable bonds is 6. The number of amides is 1. The summed E-state index contributed by atoms with van der Waals surface area (Å²) in [6, 6.07) is 0. The van der Waals surface area contributed by atoms with Crippen molar-refractivity contribution in [2.24, 2.45) is 5.92 Å². The Labute approximate surface area is 136 Å². The van der Waals surface area contributed by atoms with Gasteiger partial charge >= 0.3 is 5.97 Å². The Morgan fingerprint density at radius 1 is 1.36 bits per heavy atom. The molecule has 0 fully saturated rings. The summed E-state index contributed by atoms with van der Waals surface area (Å²) in [5.41, 5.74) is 1.69. The van der Waals surface area contributed by atoms with Crippen molar-refractivity contribution in [2.45, 2.75) is 59.3 Å². The van der Waals surface area contributed by atoms with E-state index in [2.05, 4.69) is 19.2 Å². The topological polar surface area (TPSA) is 55.4 Å². The minimum Gasteiger partial charge on any atom is -0.462 e. The number of anilines is 1. The second-order valence-electron chi connectivity index (χ2n) is 5.93. The van der Waals surface area contributed by atoms with Crippen molar-refractivity contribution in [3.8, 4) is 0 Å². The summed E-state index contributed by atoms with van der Waals surface area (Å²) >= 11 is 1.55. The molecular weight excluding hydrogens is 298 g/mol. The van der Waals surface area contributed by atoms with E-state index in [0.717, 1.165) is 37.7 Å². The van der Waals surface area contributed by atoms with Crippen LogP contribution in [-0.4, -0.2) is 18.5 Å². The molecular formula is C17H25NO3S. The van der Waals surface area contributed by atoms with Gasteiger partial charge in [-0.05, 0) is 44.1 Å². The molecule has 0 aromatic carbocycles. The van der Waals surface area contributed by atoms with Crippen molar-refractivity contribution < 1.29 is 14.3 Å². The Morgan fingerprint density at radius 3 is 2.82 bits per heavy atom. The van der Waals surface area contributed by atoms with Crippen molar-refractivity contribution in [1.82, 2.24) is 0 Å². The monoisotopic (exact) mass is 323 g/mol. The molecule has 0 radical (unpaired) electrons. The summed E-state index contributed by atoms with van der Waals surface area (Å²) in [5.74, 6) is 0.309. The molecule has 1 amide bonds. The van der Waals surface area contributed by atoms with Gasteiger partial charge in [-0.2, -0.15) is 0 Å². The van der Waals surface area contributed by atoms with Gasteiger partial charge in [0.15, 0.2) is 0 Å². The smallest absolute Gasteiger partial charge is 0.341 e. The van der Waals surface area contributed by atoms with E-state index in [0.29, 0.717) is 29.5 Å². The lowest BCUT2D eigenvalue weighted by atomic mass is 9.88. The van der Waals surface area contributed by atoms with E-state index in [1.165, 1.54) is 4.88 Å². The van der Waals surface area contributed by atoms with Crippen LogP contribution in [0.3, 0.4) is 0 Å². The van der Waals surface area contributed by atoms with Gasteiger partial charge in [0.05, 0.1) is 12.2 Å². The van der Waals surface area contributed by atoms with Crippen LogP contribution in [0.2, 0.25) is 0 Å². The third-order valence-electron chi connectivity index (χ3n) is 4.00. The van der Waals surface area contributed by atoms with E-state index >= 15 is 0 Å². The molecule has 1 heterocycles. The van der Waals surface area contributed by atoms with E-state index in [-0.39, 0.29) is 11.9 Å². The molecule has 2 rings (SSSR count). The van der Waals surface area contributed by atoms with Crippen molar-refractivity contribution in [2.75, 3.05) is 11.9 Å². The van der Waals surface area contributed by atoms with Gasteiger partial charge in [0.25, 0.3) is 0 Å². The molecule has 1 atom stereocenters. The van der Waals surface area contributed by atoms with Crippen molar-refractivity contribution in [3.05, 3.63) is 16.0 Å². The molecule has 0 saturated heterocycles. The van der Waals surface area contributed by atoms with Crippen molar-refractivity contribution in [3.63, 3.8) is 0 Å². The van der Waals surface area contributed by atoms with Gasteiger partial charge < -0.3 is 10.1 Å². The summed E-state index contributed by atoms with van der Waals surface area (Å²) in [4.78, 5) is 25.6. The average Bonchev–Trinajstić information content (AvgIpc) is 2.82. The highest BCUT2D eigenvalue weighted by Crippen LogP contribution is 2.40. The van der Waals surface area contributed by atoms with Crippen LogP contribution in [0.1, 0.15) is 67.3 Å². The zero-order valence-corrected chi connectivity index (χ0v) is 14.5. The Balaban J connectivity index is 2.27. The average molecular weight is 323 g/mol. The third kappa shape index (κ3) is 3.88. The Morgan fingerprint density at radius 2 is 2.14 bits per heavy atom. The Hall–Kier alpha value is -1.36. The lowest BCUT2D eigenvalue weighted by Crippen LogP contribution is -2.16. The van der Waals surface area contributed by atoms with Crippen molar-refractivity contribution >= 4 is 28.2 Å². The molecule has 122 valence electrons. The number of carbonyl (C=O) groups is 2. The molecule has 0 saturated carbocycles. The molecule has 4 nitrogen and oxygen atoms in total. The molecule has 0 spiro atoms. The fourth-order valence-corrected chi connectivity index (χ4v) is 4.20. The summed E-state index contributed by atoms with van der Waals surface area (Å²) in [7, 11) is 0. The van der Waals surface area contributed by atoms with E-state index in [9.17, 15) is 9.59 Å². The first kappa shape index (κ1) is 17.0. The maximum Gasteiger partial charge on any atom is 0.341 e. The summed E-state index contributed by atoms with van der Waals surface area (Å²) in [5, 5.41) is 3.61. The van der Waals surface area contributed by atoms with Gasteiger partial charge in [-0.15, -0.1) is 11.3 Å². The number of fused-ring (bicyclic) bond motifs is 1. The highest BCUT2D eigenvalue weighted by Gasteiger charge is 2.28. The molecule has 0 bridgehead atoms. The molecule has 0 aliphatic heterocycles. The predicted molar refractivity (Wildman–Crippen MR) is 89.6 cm³/mol. The molecule has 1 aliphatic rings. The third-order valence-corrected chi connectivity index (χ3v) is 5.17. The van der Waals surface area contributed by atoms with Gasteiger partial charge in [0.2, 0.25) is 5.91 Å². The Bertz CT molecular complexity index is 550. The number of carbonyl (C=O) groups excluding carboxylic acids is 2. The molecule has 1 aromatic rings. The Kier molecular flexibility index (Phi) is 6.00. The van der Waals surface area contributed by atoms with Crippen LogP contribution in [0.5, 0.6) is 0 Å². The van der Waals surface area contributed by atoms with Crippen LogP contribution >= 0.6 is 11.3 Å². The quantitative estimate of drug-likeness (QED) is 0.799. The van der Waals surface area contributed by atoms with E-state index in [1.54, 1.807) is 18.3 Å². The number of unbranched alkanes of at least 4 members (excludes halogenated alkanes) is 1. The fourth-order valence-electron chi connectivity index (χ4n) is 2.78. The van der Waals surface area contributed by atoms with Crippen LogP contribution in [0.15, 0.2) is 0 Å². The van der Waals surface area contributed by atoms with Crippen LogP contribution in [0.4, 0.5) is 5.00 Å². The van der Waals surface area contributed by atoms with Gasteiger partial charge in [-0.3, -0.25) is 4.79 Å². The van der Waals surface area contributed by atoms with E-state index in [4.69, 9.17) is 4.74 Å². The zero-order chi connectivity index (χ0) is 16.1. The van der Waals surface area contributed by atoms with Gasteiger partial charge in [-0.25, -0.2) is 4.79 Å². The van der Waals surface area contributed by atoms with Crippen LogP contribution < -0.4 is 5.32 Å². The predicted octanol–water partition coefficient (Wildman–Crippen LogP) is 4.18. The van der Waals surface area contributed by atoms with Crippen LogP contribution in [-0.2, 0) is 22.4 Å². The number of nitrogens with one attached hydrogen (secondary N) is 1. The highest BCUT2D eigenvalue weighted by atomic mass is 32.1. The molecule has 1 N–H and O–H groups in total. The standard InChI is InChI=1S/C17H25NO3S/c1-4-6-7-14(19)18-16-15(17(20)21-5-2)12-9-8-11(3)10-13(12)22-16/h11H,4-10H2,1-3H3,(H,18,19)/t11-/m1/s1. The second kappa shape index (κ2) is 7.77. The maximum absolute atomic E-state index is 12.3. The molecule has 5 heteroatoms. The van der Waals surface area contributed by atoms with Crippen molar-refractivity contribution in [1.29, 1.82) is 0 Å². The highest BCUT2D eigenvalue weighted by molar-refractivity contribution is 7.17. The summed E-state index contributed by atoms with van der Waals surface area (Å²) in [6.45, 7) is 6.44. The lowest BCUT2D eigenvalue weighted by Gasteiger charge is -2.18. The summed E-state index contributed by atoms with van der Waals surface area (Å²) in [6.07, 6.45) is 5.31. The minimum absolute atomic E-state index is 0.0148. The number of hydrogen-bond donors (Lipinski definition) is 1. The first-order valence-electron chi connectivity index (χ1n) is 8.18. The fraction of sp³-hybridized carbons (Fsp3) is 0.647. The SMILES string of the molecule is CCCCC(=O)Nc1sc2c(c1C(=O)OCC)CC[C@@H](C)C2. The molecule has 1 aromatic heterocycles. The molecule has 0 unspecified atom stereocenters. The van der Waals surface area contributed by atoms with Gasteiger partial charge in [0.1, 0.15) is 5.00 Å². The number of ether oxygens (including phenoxy) is 1. The van der Waals surface area contributed by atoms with Crippen LogP contribution in [0, 0.1) is 5.92 Å². The largest absolute Gasteiger partial charge is 0.462 e. The van der Waals surface area contributed by atoms with E-state index < -0.39 is 0 Å². The number of thiophene rings is 1. The first-order chi connectivity index (χ1) is 10.6. The zero-order valence-electron chi connectivity index (χ0n) is 13.7. The maximum atomic E-state index is 12.3. The molecule has 22 heavy (non-hydrogen) atoms. The number of esters is 1. The van der Waals surface area contributed by atoms with Gasteiger partial charge in [0, 0.05) is 11.3 Å². The van der Waals surface area contributed by atoms with Gasteiger partial charge in [-0.1, -0.05) is 20.3 Å².